The molecule has 17 heavy (non-hydrogen) atoms. The number of rotatable bonds is 4. The van der Waals surface area contributed by atoms with Crippen molar-refractivity contribution in [3.05, 3.63) is 29.6 Å². The number of benzene rings is 1. The van der Waals surface area contributed by atoms with Crippen molar-refractivity contribution >= 4 is 12.4 Å². The standard InChI is InChI=1S/C12H18FNO2.ClH/c1-12(2,7-15)11(14)8-5-4-6-9(16-3)10(8)13;/h4-6,11,15H,7,14H2,1-3H3;1H/t11-;/m0./s1. The lowest BCUT2D eigenvalue weighted by Crippen LogP contribution is -2.33. The van der Waals surface area contributed by atoms with Gasteiger partial charge < -0.3 is 15.6 Å². The lowest BCUT2D eigenvalue weighted by atomic mass is 9.81. The number of hydrogen-bond acceptors (Lipinski definition) is 3. The molecule has 0 saturated heterocycles. The quantitative estimate of drug-likeness (QED) is 0.876. The average Bonchev–Trinajstić information content (AvgIpc) is 2.28. The van der Waals surface area contributed by atoms with Gasteiger partial charge in [-0.15, -0.1) is 12.4 Å². The second kappa shape index (κ2) is 6.19. The normalized spacial score (nSPS) is 12.8. The molecule has 0 heterocycles. The van der Waals surface area contributed by atoms with Gasteiger partial charge in [0.2, 0.25) is 0 Å². The molecule has 98 valence electrons. The van der Waals surface area contributed by atoms with Crippen LogP contribution in [0.2, 0.25) is 0 Å². The summed E-state index contributed by atoms with van der Waals surface area (Å²) in [5.74, 6) is -0.291. The average molecular weight is 264 g/mol. The fourth-order valence-corrected chi connectivity index (χ4v) is 1.44. The van der Waals surface area contributed by atoms with E-state index in [9.17, 15) is 9.50 Å². The molecule has 0 aliphatic rings. The van der Waals surface area contributed by atoms with E-state index in [1.165, 1.54) is 13.2 Å². The minimum absolute atomic E-state index is 0. The van der Waals surface area contributed by atoms with E-state index in [1.54, 1.807) is 26.0 Å². The number of hydrogen-bond donors (Lipinski definition) is 2. The van der Waals surface area contributed by atoms with Crippen molar-refractivity contribution in [3.8, 4) is 5.75 Å². The molecule has 0 bridgehead atoms. The van der Waals surface area contributed by atoms with E-state index in [4.69, 9.17) is 10.5 Å². The Balaban J connectivity index is 0.00000256. The summed E-state index contributed by atoms with van der Waals surface area (Å²) >= 11 is 0. The first kappa shape index (κ1) is 16.2. The van der Waals surface area contributed by atoms with Crippen LogP contribution in [0.5, 0.6) is 5.75 Å². The van der Waals surface area contributed by atoms with Crippen molar-refractivity contribution in [2.45, 2.75) is 19.9 Å². The molecule has 3 N–H and O–H groups in total. The third kappa shape index (κ3) is 3.31. The highest BCUT2D eigenvalue weighted by molar-refractivity contribution is 5.85. The lowest BCUT2D eigenvalue weighted by Gasteiger charge is -2.30. The molecule has 0 spiro atoms. The highest BCUT2D eigenvalue weighted by Gasteiger charge is 2.29. The van der Waals surface area contributed by atoms with Gasteiger partial charge in [0.15, 0.2) is 11.6 Å². The Hall–Kier alpha value is -0.840. The molecule has 0 aliphatic heterocycles. The Morgan fingerprint density at radius 2 is 2.06 bits per heavy atom. The molecule has 5 heteroatoms. The maximum absolute atomic E-state index is 13.9. The van der Waals surface area contributed by atoms with Crippen LogP contribution in [0.25, 0.3) is 0 Å². The van der Waals surface area contributed by atoms with Gasteiger partial charge in [0.1, 0.15) is 0 Å². The fraction of sp³-hybridized carbons (Fsp3) is 0.500. The minimum Gasteiger partial charge on any atom is -0.494 e. The van der Waals surface area contributed by atoms with E-state index in [0.29, 0.717) is 5.56 Å². The van der Waals surface area contributed by atoms with Crippen LogP contribution < -0.4 is 10.5 Å². The molecule has 1 aromatic carbocycles. The summed E-state index contributed by atoms with van der Waals surface area (Å²) in [6, 6.07) is 4.26. The predicted molar refractivity (Wildman–Crippen MR) is 68.0 cm³/mol. The molecule has 0 amide bonds. The Labute approximate surface area is 107 Å². The van der Waals surface area contributed by atoms with E-state index in [0.717, 1.165) is 0 Å². The first-order valence-electron chi connectivity index (χ1n) is 5.13. The van der Waals surface area contributed by atoms with E-state index >= 15 is 0 Å². The van der Waals surface area contributed by atoms with Crippen molar-refractivity contribution in [1.29, 1.82) is 0 Å². The summed E-state index contributed by atoms with van der Waals surface area (Å²) in [6.45, 7) is 3.47. The number of methoxy groups -OCH3 is 1. The minimum atomic E-state index is -0.576. The Bertz CT molecular complexity index is 372. The van der Waals surface area contributed by atoms with Crippen LogP contribution in [-0.2, 0) is 0 Å². The molecule has 1 rings (SSSR count). The Morgan fingerprint density at radius 1 is 1.47 bits per heavy atom. The van der Waals surface area contributed by atoms with E-state index in [-0.39, 0.29) is 24.8 Å². The van der Waals surface area contributed by atoms with Crippen molar-refractivity contribution in [3.63, 3.8) is 0 Å². The third-order valence-electron chi connectivity index (χ3n) is 2.80. The number of aliphatic hydroxyl groups excluding tert-OH is 1. The zero-order valence-electron chi connectivity index (χ0n) is 10.2. The van der Waals surface area contributed by atoms with Crippen LogP contribution in [0.4, 0.5) is 4.39 Å². The highest BCUT2D eigenvalue weighted by Crippen LogP contribution is 2.34. The van der Waals surface area contributed by atoms with Crippen LogP contribution in [0, 0.1) is 11.2 Å². The third-order valence-corrected chi connectivity index (χ3v) is 2.80. The van der Waals surface area contributed by atoms with Gasteiger partial charge in [-0.05, 0) is 6.07 Å². The van der Waals surface area contributed by atoms with Crippen LogP contribution in [-0.4, -0.2) is 18.8 Å². The van der Waals surface area contributed by atoms with Crippen LogP contribution >= 0.6 is 12.4 Å². The molecular weight excluding hydrogens is 245 g/mol. The monoisotopic (exact) mass is 263 g/mol. The molecule has 0 unspecified atom stereocenters. The smallest absolute Gasteiger partial charge is 0.169 e. The van der Waals surface area contributed by atoms with Crippen molar-refractivity contribution in [2.75, 3.05) is 13.7 Å². The van der Waals surface area contributed by atoms with Gasteiger partial charge in [0.25, 0.3) is 0 Å². The van der Waals surface area contributed by atoms with Gasteiger partial charge in [-0.25, -0.2) is 4.39 Å². The van der Waals surface area contributed by atoms with Gasteiger partial charge in [-0.1, -0.05) is 26.0 Å². The lowest BCUT2D eigenvalue weighted by molar-refractivity contribution is 0.130. The van der Waals surface area contributed by atoms with Crippen molar-refractivity contribution in [1.82, 2.24) is 0 Å². The fourth-order valence-electron chi connectivity index (χ4n) is 1.44. The van der Waals surface area contributed by atoms with Gasteiger partial charge in [0.05, 0.1) is 7.11 Å². The molecule has 1 aromatic rings. The zero-order chi connectivity index (χ0) is 12.3. The largest absolute Gasteiger partial charge is 0.494 e. The highest BCUT2D eigenvalue weighted by atomic mass is 35.5. The first-order valence-corrected chi connectivity index (χ1v) is 5.13. The van der Waals surface area contributed by atoms with E-state index in [1.807, 2.05) is 0 Å². The van der Waals surface area contributed by atoms with Gasteiger partial charge in [-0.2, -0.15) is 0 Å². The molecule has 1 atom stereocenters. The summed E-state index contributed by atoms with van der Waals surface area (Å²) < 4.78 is 18.8. The Morgan fingerprint density at radius 3 is 2.53 bits per heavy atom. The SMILES string of the molecule is COc1cccc([C@H](N)C(C)(C)CO)c1F.Cl. The van der Waals surface area contributed by atoms with Crippen molar-refractivity contribution < 1.29 is 14.2 Å². The van der Waals surface area contributed by atoms with Crippen LogP contribution in [0.15, 0.2) is 18.2 Å². The number of aliphatic hydroxyl groups is 1. The zero-order valence-corrected chi connectivity index (χ0v) is 11.1. The Kier molecular flexibility index (Phi) is 5.88. The summed E-state index contributed by atoms with van der Waals surface area (Å²) in [7, 11) is 1.41. The maximum Gasteiger partial charge on any atom is 0.169 e. The predicted octanol–water partition coefficient (Wildman–Crippen LogP) is 2.27. The number of ether oxygens (including phenoxy) is 1. The van der Waals surface area contributed by atoms with Gasteiger partial charge in [0, 0.05) is 23.6 Å². The van der Waals surface area contributed by atoms with Crippen molar-refractivity contribution in [2.24, 2.45) is 11.1 Å². The topological polar surface area (TPSA) is 55.5 Å². The molecule has 0 radical (unpaired) electrons. The maximum atomic E-state index is 13.9. The molecule has 3 nitrogen and oxygen atoms in total. The molecule has 0 fully saturated rings. The van der Waals surface area contributed by atoms with E-state index < -0.39 is 17.3 Å². The summed E-state index contributed by atoms with van der Waals surface area (Å²) in [5, 5.41) is 9.21. The first-order chi connectivity index (χ1) is 7.44. The molecular formula is C12H19ClFNO2. The summed E-state index contributed by atoms with van der Waals surface area (Å²) in [6.07, 6.45) is 0. The van der Waals surface area contributed by atoms with Gasteiger partial charge >= 0.3 is 0 Å². The summed E-state index contributed by atoms with van der Waals surface area (Å²) in [4.78, 5) is 0. The molecule has 0 aromatic heterocycles. The summed E-state index contributed by atoms with van der Waals surface area (Å²) in [5.41, 5.74) is 5.74. The second-order valence-corrected chi connectivity index (χ2v) is 4.49. The molecule has 0 aliphatic carbocycles. The van der Waals surface area contributed by atoms with Crippen LogP contribution in [0.3, 0.4) is 0 Å². The van der Waals surface area contributed by atoms with Crippen LogP contribution in [0.1, 0.15) is 25.5 Å². The second-order valence-electron chi connectivity index (χ2n) is 4.49. The number of halogens is 2. The molecule has 0 saturated carbocycles. The number of nitrogens with two attached hydrogens (primary N) is 1. The van der Waals surface area contributed by atoms with E-state index in [2.05, 4.69) is 0 Å². The van der Waals surface area contributed by atoms with Gasteiger partial charge in [-0.3, -0.25) is 0 Å².